The number of carbonyl (C=O) groups excluding carboxylic acids is 1. The molecule has 1 rings (SSSR count). The van der Waals surface area contributed by atoms with Gasteiger partial charge in [-0.05, 0) is 41.5 Å². The van der Waals surface area contributed by atoms with Crippen LogP contribution in [-0.2, 0) is 19.5 Å². The van der Waals surface area contributed by atoms with E-state index in [1.165, 1.54) is 4.31 Å². The second kappa shape index (κ2) is 12.3. The molecule has 1 fully saturated rings. The fourth-order valence-corrected chi connectivity index (χ4v) is 4.04. The Labute approximate surface area is 181 Å². The fourth-order valence-electron chi connectivity index (χ4n) is 2.76. The minimum atomic E-state index is -3.33. The van der Waals surface area contributed by atoms with Crippen molar-refractivity contribution < 1.29 is 22.7 Å². The third-order valence-electron chi connectivity index (χ3n) is 4.10. The zero-order chi connectivity index (χ0) is 22.8. The number of amides is 1. The van der Waals surface area contributed by atoms with Crippen molar-refractivity contribution in [3.63, 3.8) is 0 Å². The SMILES string of the molecule is CCNC(=NCCNC(=O)OC(C)(C)C)N1CCN(S(=O)(=O)CCOC(C)C)CC1. The van der Waals surface area contributed by atoms with E-state index in [-0.39, 0.29) is 18.5 Å². The van der Waals surface area contributed by atoms with Gasteiger partial charge in [-0.1, -0.05) is 0 Å². The van der Waals surface area contributed by atoms with Crippen molar-refractivity contribution in [2.75, 3.05) is 58.2 Å². The van der Waals surface area contributed by atoms with E-state index in [1.54, 1.807) is 0 Å². The molecule has 0 bridgehead atoms. The van der Waals surface area contributed by atoms with Gasteiger partial charge in [-0.25, -0.2) is 13.2 Å². The average molecular weight is 450 g/mol. The Kier molecular flexibility index (Phi) is 10.9. The largest absolute Gasteiger partial charge is 0.444 e. The van der Waals surface area contributed by atoms with Gasteiger partial charge in [0, 0.05) is 39.3 Å². The summed E-state index contributed by atoms with van der Waals surface area (Å²) in [7, 11) is -3.33. The summed E-state index contributed by atoms with van der Waals surface area (Å²) in [6.07, 6.45) is -0.455. The van der Waals surface area contributed by atoms with Crippen LogP contribution in [0.2, 0.25) is 0 Å². The monoisotopic (exact) mass is 449 g/mol. The number of sulfonamides is 1. The highest BCUT2D eigenvalue weighted by Gasteiger charge is 2.28. The van der Waals surface area contributed by atoms with Gasteiger partial charge in [-0.15, -0.1) is 0 Å². The number of hydrogen-bond acceptors (Lipinski definition) is 6. The maximum Gasteiger partial charge on any atom is 0.407 e. The number of rotatable bonds is 9. The average Bonchev–Trinajstić information content (AvgIpc) is 2.62. The van der Waals surface area contributed by atoms with Crippen LogP contribution >= 0.6 is 0 Å². The highest BCUT2D eigenvalue weighted by molar-refractivity contribution is 7.89. The van der Waals surface area contributed by atoms with Crippen LogP contribution in [0.5, 0.6) is 0 Å². The maximum absolute atomic E-state index is 12.5. The molecule has 10 nitrogen and oxygen atoms in total. The van der Waals surface area contributed by atoms with Crippen molar-refractivity contribution >= 4 is 22.1 Å². The molecule has 0 aromatic carbocycles. The molecule has 2 N–H and O–H groups in total. The Morgan fingerprint density at radius 2 is 1.77 bits per heavy atom. The van der Waals surface area contributed by atoms with Gasteiger partial charge in [-0.3, -0.25) is 4.99 Å². The molecule has 0 atom stereocenters. The van der Waals surface area contributed by atoms with Gasteiger partial charge in [-0.2, -0.15) is 4.31 Å². The minimum Gasteiger partial charge on any atom is -0.444 e. The van der Waals surface area contributed by atoms with Crippen LogP contribution in [-0.4, -0.2) is 99.6 Å². The van der Waals surface area contributed by atoms with Crippen LogP contribution in [0.15, 0.2) is 4.99 Å². The Hall–Kier alpha value is -1.59. The molecule has 1 heterocycles. The molecule has 1 aliphatic heterocycles. The summed E-state index contributed by atoms with van der Waals surface area (Å²) in [5, 5.41) is 5.90. The second-order valence-corrected chi connectivity index (χ2v) is 10.4. The highest BCUT2D eigenvalue weighted by atomic mass is 32.2. The van der Waals surface area contributed by atoms with E-state index < -0.39 is 21.7 Å². The number of aliphatic imine (C=N–C) groups is 1. The first-order chi connectivity index (χ1) is 13.9. The number of hydrogen-bond donors (Lipinski definition) is 2. The quantitative estimate of drug-likeness (QED) is 0.305. The summed E-state index contributed by atoms with van der Waals surface area (Å²) < 4.78 is 37.0. The zero-order valence-electron chi connectivity index (χ0n) is 19.2. The van der Waals surface area contributed by atoms with Gasteiger partial charge in [0.15, 0.2) is 5.96 Å². The lowest BCUT2D eigenvalue weighted by atomic mass is 10.2. The summed E-state index contributed by atoms with van der Waals surface area (Å²) >= 11 is 0. The highest BCUT2D eigenvalue weighted by Crippen LogP contribution is 2.09. The first kappa shape index (κ1) is 26.4. The number of nitrogens with one attached hydrogen (secondary N) is 2. The summed E-state index contributed by atoms with van der Waals surface area (Å²) in [5.74, 6) is 0.707. The lowest BCUT2D eigenvalue weighted by Crippen LogP contribution is -2.54. The summed E-state index contributed by atoms with van der Waals surface area (Å²) in [4.78, 5) is 18.3. The molecule has 0 aromatic heterocycles. The number of alkyl carbamates (subject to hydrolysis) is 1. The molecule has 0 unspecified atom stereocenters. The predicted molar refractivity (Wildman–Crippen MR) is 118 cm³/mol. The number of carbonyl (C=O) groups is 1. The maximum atomic E-state index is 12.5. The number of nitrogens with zero attached hydrogens (tertiary/aromatic N) is 3. The molecular weight excluding hydrogens is 410 g/mol. The van der Waals surface area contributed by atoms with Crippen LogP contribution in [0, 0.1) is 0 Å². The van der Waals surface area contributed by atoms with Crippen molar-refractivity contribution in [2.24, 2.45) is 4.99 Å². The Morgan fingerprint density at radius 1 is 1.13 bits per heavy atom. The van der Waals surface area contributed by atoms with Gasteiger partial charge in [0.25, 0.3) is 0 Å². The molecule has 30 heavy (non-hydrogen) atoms. The number of guanidine groups is 1. The predicted octanol–water partition coefficient (Wildman–Crippen LogP) is 0.849. The molecule has 1 amide bonds. The molecule has 176 valence electrons. The van der Waals surface area contributed by atoms with Crippen molar-refractivity contribution in [3.05, 3.63) is 0 Å². The van der Waals surface area contributed by atoms with Crippen LogP contribution < -0.4 is 10.6 Å². The van der Waals surface area contributed by atoms with Crippen molar-refractivity contribution in [1.29, 1.82) is 0 Å². The van der Waals surface area contributed by atoms with E-state index in [4.69, 9.17) is 9.47 Å². The van der Waals surface area contributed by atoms with Crippen molar-refractivity contribution in [3.8, 4) is 0 Å². The van der Waals surface area contributed by atoms with E-state index >= 15 is 0 Å². The van der Waals surface area contributed by atoms with E-state index in [2.05, 4.69) is 15.6 Å². The Balaban J connectivity index is 2.51. The third-order valence-corrected chi connectivity index (χ3v) is 5.94. The summed E-state index contributed by atoms with van der Waals surface area (Å²) in [5.41, 5.74) is -0.538. The lowest BCUT2D eigenvalue weighted by Gasteiger charge is -2.36. The van der Waals surface area contributed by atoms with Crippen LogP contribution in [0.25, 0.3) is 0 Å². The third kappa shape index (κ3) is 10.4. The van der Waals surface area contributed by atoms with Crippen molar-refractivity contribution in [2.45, 2.75) is 53.2 Å². The molecule has 1 saturated heterocycles. The molecule has 0 aromatic rings. The van der Waals surface area contributed by atoms with Crippen LogP contribution in [0.1, 0.15) is 41.5 Å². The molecule has 0 radical (unpaired) electrons. The summed E-state index contributed by atoms with van der Waals surface area (Å²) in [6, 6.07) is 0. The van der Waals surface area contributed by atoms with Gasteiger partial charge in [0.2, 0.25) is 10.0 Å². The lowest BCUT2D eigenvalue weighted by molar-refractivity contribution is 0.0529. The van der Waals surface area contributed by atoms with Gasteiger partial charge in [0.1, 0.15) is 5.60 Å². The molecule has 1 aliphatic rings. The molecular formula is C19H39N5O5S. The molecule has 0 spiro atoms. The topological polar surface area (TPSA) is 113 Å². The van der Waals surface area contributed by atoms with Crippen LogP contribution in [0.3, 0.4) is 0 Å². The van der Waals surface area contributed by atoms with Gasteiger partial charge < -0.3 is 25.0 Å². The Bertz CT molecular complexity index is 653. The van der Waals surface area contributed by atoms with E-state index in [9.17, 15) is 13.2 Å². The number of piperazine rings is 1. The summed E-state index contributed by atoms with van der Waals surface area (Å²) in [6.45, 7) is 14.7. The van der Waals surface area contributed by atoms with Gasteiger partial charge >= 0.3 is 6.09 Å². The number of ether oxygens (including phenoxy) is 2. The van der Waals surface area contributed by atoms with E-state index in [0.29, 0.717) is 51.8 Å². The van der Waals surface area contributed by atoms with E-state index in [1.807, 2.05) is 46.4 Å². The second-order valence-electron chi connectivity index (χ2n) is 8.29. The van der Waals surface area contributed by atoms with Crippen LogP contribution in [0.4, 0.5) is 4.79 Å². The van der Waals surface area contributed by atoms with Gasteiger partial charge in [0.05, 0.1) is 25.0 Å². The normalized spacial score (nSPS) is 16.6. The van der Waals surface area contributed by atoms with E-state index in [0.717, 1.165) is 0 Å². The first-order valence-electron chi connectivity index (χ1n) is 10.5. The van der Waals surface area contributed by atoms with Crippen molar-refractivity contribution in [1.82, 2.24) is 19.8 Å². The Morgan fingerprint density at radius 3 is 2.30 bits per heavy atom. The zero-order valence-corrected chi connectivity index (χ0v) is 20.0. The standard InChI is InChI=1S/C19H39N5O5S/c1-7-20-17(21-8-9-22-18(25)29-19(4,5)6)23-10-12-24(13-11-23)30(26,27)15-14-28-16(2)3/h16H,7-15H2,1-6H3,(H,20,21)(H,22,25). The molecule has 0 aliphatic carbocycles. The fraction of sp³-hybridized carbons (Fsp3) is 0.895. The first-order valence-corrected chi connectivity index (χ1v) is 12.1. The smallest absolute Gasteiger partial charge is 0.407 e. The molecule has 11 heteroatoms. The minimum absolute atomic E-state index is 0.00429. The molecule has 0 saturated carbocycles.